The fourth-order valence-corrected chi connectivity index (χ4v) is 4.27. The van der Waals surface area contributed by atoms with E-state index in [9.17, 15) is 4.79 Å². The van der Waals surface area contributed by atoms with Crippen LogP contribution in [0.15, 0.2) is 66.0 Å². The molecule has 0 bridgehead atoms. The number of benzene rings is 2. The lowest BCUT2D eigenvalue weighted by molar-refractivity contribution is 0.0752. The third kappa shape index (κ3) is 3.37. The van der Waals surface area contributed by atoms with Crippen LogP contribution < -0.4 is 4.90 Å². The van der Waals surface area contributed by atoms with Gasteiger partial charge in [-0.3, -0.25) is 4.79 Å². The van der Waals surface area contributed by atoms with Gasteiger partial charge in [-0.2, -0.15) is 0 Å². The van der Waals surface area contributed by atoms with E-state index in [0.717, 1.165) is 42.2 Å². The fraction of sp³-hybridized carbons (Fsp3) is 0.227. The van der Waals surface area contributed by atoms with Crippen LogP contribution >= 0.6 is 11.3 Å². The van der Waals surface area contributed by atoms with Crippen molar-refractivity contribution >= 4 is 22.9 Å². The van der Waals surface area contributed by atoms with Crippen molar-refractivity contribution in [2.24, 2.45) is 0 Å². The third-order valence-corrected chi connectivity index (χ3v) is 5.81. The molecule has 4 heteroatoms. The molecule has 4 rings (SSSR count). The summed E-state index contributed by atoms with van der Waals surface area (Å²) in [7, 11) is 0. The van der Waals surface area contributed by atoms with E-state index in [1.54, 1.807) is 11.3 Å². The number of aryl methyl sites for hydroxylation is 1. The van der Waals surface area contributed by atoms with Crippen LogP contribution in [0.1, 0.15) is 15.2 Å². The van der Waals surface area contributed by atoms with Crippen LogP contribution in [0, 0.1) is 6.92 Å². The summed E-state index contributed by atoms with van der Waals surface area (Å²) in [4.78, 5) is 18.3. The SMILES string of the molecule is Cc1ccc(-c2ccsc2C(=O)N2CCN(c3ccccc3)CC2)cc1. The molecule has 1 fully saturated rings. The summed E-state index contributed by atoms with van der Waals surface area (Å²) in [5.41, 5.74) is 4.62. The van der Waals surface area contributed by atoms with Crippen molar-refractivity contribution in [2.75, 3.05) is 31.1 Å². The van der Waals surface area contributed by atoms with E-state index in [2.05, 4.69) is 66.4 Å². The smallest absolute Gasteiger partial charge is 0.264 e. The quantitative estimate of drug-likeness (QED) is 0.675. The summed E-state index contributed by atoms with van der Waals surface area (Å²) in [6.45, 7) is 5.36. The average Bonchev–Trinajstić information content (AvgIpc) is 3.19. The molecule has 0 spiro atoms. The summed E-state index contributed by atoms with van der Waals surface area (Å²) < 4.78 is 0. The van der Waals surface area contributed by atoms with Crippen molar-refractivity contribution in [3.05, 3.63) is 76.5 Å². The van der Waals surface area contributed by atoms with Gasteiger partial charge in [-0.15, -0.1) is 11.3 Å². The lowest BCUT2D eigenvalue weighted by atomic mass is 10.0. The molecule has 1 aromatic heterocycles. The topological polar surface area (TPSA) is 23.6 Å². The molecule has 1 amide bonds. The molecule has 132 valence electrons. The van der Waals surface area contributed by atoms with Crippen molar-refractivity contribution in [2.45, 2.75) is 6.92 Å². The molecule has 0 N–H and O–H groups in total. The molecule has 1 aliphatic heterocycles. The predicted octanol–water partition coefficient (Wildman–Crippen LogP) is 4.69. The highest BCUT2D eigenvalue weighted by molar-refractivity contribution is 7.12. The molecule has 26 heavy (non-hydrogen) atoms. The Bertz CT molecular complexity index is 878. The Kier molecular flexibility index (Phi) is 4.76. The van der Waals surface area contributed by atoms with Gasteiger partial charge in [0.25, 0.3) is 5.91 Å². The average molecular weight is 362 g/mol. The number of piperazine rings is 1. The molecule has 0 aliphatic carbocycles. The van der Waals surface area contributed by atoms with Gasteiger partial charge in [0.1, 0.15) is 0 Å². The number of hydrogen-bond acceptors (Lipinski definition) is 3. The molecule has 0 saturated carbocycles. The third-order valence-electron chi connectivity index (χ3n) is 4.91. The van der Waals surface area contributed by atoms with Gasteiger partial charge in [-0.25, -0.2) is 0 Å². The number of anilines is 1. The van der Waals surface area contributed by atoms with Crippen LogP contribution in [0.2, 0.25) is 0 Å². The number of nitrogens with zero attached hydrogens (tertiary/aromatic N) is 2. The second kappa shape index (κ2) is 7.34. The van der Waals surface area contributed by atoms with Crippen LogP contribution in [-0.4, -0.2) is 37.0 Å². The minimum atomic E-state index is 0.156. The molecule has 0 unspecified atom stereocenters. The number of para-hydroxylation sites is 1. The minimum Gasteiger partial charge on any atom is -0.368 e. The summed E-state index contributed by atoms with van der Waals surface area (Å²) in [5, 5.41) is 2.02. The standard InChI is InChI=1S/C22H22N2OS/c1-17-7-9-18(10-8-17)20-11-16-26-21(20)22(25)24-14-12-23(13-15-24)19-5-3-2-4-6-19/h2-11,16H,12-15H2,1H3. The monoisotopic (exact) mass is 362 g/mol. The maximum atomic E-state index is 13.1. The maximum Gasteiger partial charge on any atom is 0.264 e. The summed E-state index contributed by atoms with van der Waals surface area (Å²) >= 11 is 1.54. The van der Waals surface area contributed by atoms with Crippen LogP contribution in [0.3, 0.4) is 0 Å². The molecule has 3 aromatic rings. The van der Waals surface area contributed by atoms with Gasteiger partial charge >= 0.3 is 0 Å². The first-order chi connectivity index (χ1) is 12.7. The lowest BCUT2D eigenvalue weighted by Crippen LogP contribution is -2.48. The van der Waals surface area contributed by atoms with Crippen molar-refractivity contribution in [1.29, 1.82) is 0 Å². The van der Waals surface area contributed by atoms with Crippen LogP contribution in [0.5, 0.6) is 0 Å². The van der Waals surface area contributed by atoms with E-state index in [0.29, 0.717) is 0 Å². The Morgan fingerprint density at radius 3 is 2.27 bits per heavy atom. The zero-order valence-electron chi connectivity index (χ0n) is 14.9. The maximum absolute atomic E-state index is 13.1. The zero-order valence-corrected chi connectivity index (χ0v) is 15.7. The normalized spacial score (nSPS) is 14.5. The van der Waals surface area contributed by atoms with Crippen LogP contribution in [0.4, 0.5) is 5.69 Å². The molecule has 2 heterocycles. The highest BCUT2D eigenvalue weighted by atomic mass is 32.1. The number of thiophene rings is 1. The lowest BCUT2D eigenvalue weighted by Gasteiger charge is -2.36. The predicted molar refractivity (Wildman–Crippen MR) is 109 cm³/mol. The largest absolute Gasteiger partial charge is 0.368 e. The molecular weight excluding hydrogens is 340 g/mol. The van der Waals surface area contributed by atoms with E-state index < -0.39 is 0 Å². The molecule has 2 aromatic carbocycles. The van der Waals surface area contributed by atoms with Crippen molar-refractivity contribution in [3.63, 3.8) is 0 Å². The second-order valence-electron chi connectivity index (χ2n) is 6.64. The van der Waals surface area contributed by atoms with E-state index in [1.165, 1.54) is 11.3 Å². The van der Waals surface area contributed by atoms with Crippen molar-refractivity contribution in [1.82, 2.24) is 4.90 Å². The number of hydrogen-bond donors (Lipinski definition) is 0. The zero-order chi connectivity index (χ0) is 17.9. The Morgan fingerprint density at radius 1 is 0.885 bits per heavy atom. The van der Waals surface area contributed by atoms with Gasteiger partial charge in [0.05, 0.1) is 4.88 Å². The summed E-state index contributed by atoms with van der Waals surface area (Å²) in [5.74, 6) is 0.156. The minimum absolute atomic E-state index is 0.156. The fourth-order valence-electron chi connectivity index (χ4n) is 3.39. The Hall–Kier alpha value is -2.59. The van der Waals surface area contributed by atoms with Gasteiger partial charge < -0.3 is 9.80 Å². The van der Waals surface area contributed by atoms with E-state index >= 15 is 0 Å². The van der Waals surface area contributed by atoms with Crippen molar-refractivity contribution < 1.29 is 4.79 Å². The van der Waals surface area contributed by atoms with Gasteiger partial charge in [0.2, 0.25) is 0 Å². The van der Waals surface area contributed by atoms with E-state index in [4.69, 9.17) is 0 Å². The molecule has 3 nitrogen and oxygen atoms in total. The number of carbonyl (C=O) groups excluding carboxylic acids is 1. The molecule has 0 atom stereocenters. The van der Waals surface area contributed by atoms with E-state index in [-0.39, 0.29) is 5.91 Å². The van der Waals surface area contributed by atoms with Crippen LogP contribution in [0.25, 0.3) is 11.1 Å². The second-order valence-corrected chi connectivity index (χ2v) is 7.56. The highest BCUT2D eigenvalue weighted by Gasteiger charge is 2.25. The Morgan fingerprint density at radius 2 is 1.58 bits per heavy atom. The van der Waals surface area contributed by atoms with Gasteiger partial charge in [0.15, 0.2) is 0 Å². The summed E-state index contributed by atoms with van der Waals surface area (Å²) in [6.07, 6.45) is 0. The molecule has 1 saturated heterocycles. The van der Waals surface area contributed by atoms with E-state index in [1.807, 2.05) is 16.3 Å². The molecule has 0 radical (unpaired) electrons. The molecule has 1 aliphatic rings. The first-order valence-electron chi connectivity index (χ1n) is 8.96. The first kappa shape index (κ1) is 16.9. The first-order valence-corrected chi connectivity index (χ1v) is 9.84. The number of rotatable bonds is 3. The van der Waals surface area contributed by atoms with Crippen LogP contribution in [-0.2, 0) is 0 Å². The Labute approximate surface area is 158 Å². The highest BCUT2D eigenvalue weighted by Crippen LogP contribution is 2.30. The molecular formula is C22H22N2OS. The Balaban J connectivity index is 1.48. The summed E-state index contributed by atoms with van der Waals surface area (Å²) in [6, 6.07) is 20.9. The number of carbonyl (C=O) groups is 1. The van der Waals surface area contributed by atoms with Gasteiger partial charge in [-0.05, 0) is 36.1 Å². The number of amides is 1. The van der Waals surface area contributed by atoms with Gasteiger partial charge in [0, 0.05) is 37.4 Å². The van der Waals surface area contributed by atoms with Gasteiger partial charge in [-0.1, -0.05) is 48.0 Å². The van der Waals surface area contributed by atoms with Crippen molar-refractivity contribution in [3.8, 4) is 11.1 Å².